The highest BCUT2D eigenvalue weighted by molar-refractivity contribution is 7.11. The van der Waals surface area contributed by atoms with Crippen LogP contribution in [-0.2, 0) is 9.53 Å². The smallest absolute Gasteiger partial charge is 0.265 e. The van der Waals surface area contributed by atoms with Gasteiger partial charge in [-0.3, -0.25) is 9.59 Å². The molecule has 0 aliphatic carbocycles. The van der Waals surface area contributed by atoms with Gasteiger partial charge in [0.15, 0.2) is 0 Å². The van der Waals surface area contributed by atoms with Crippen molar-refractivity contribution in [3.05, 3.63) is 16.1 Å². The summed E-state index contributed by atoms with van der Waals surface area (Å²) in [5.41, 5.74) is 2.45. The SMILES string of the molecule is COCC(=O)N1CCN(C(=O)c2scnc2C)CC1. The Balaban J connectivity index is 1.92. The van der Waals surface area contributed by atoms with Gasteiger partial charge in [0.05, 0.1) is 11.2 Å². The summed E-state index contributed by atoms with van der Waals surface area (Å²) in [7, 11) is 1.50. The number of aryl methyl sites for hydroxylation is 1. The molecule has 0 radical (unpaired) electrons. The Labute approximate surface area is 116 Å². The maximum atomic E-state index is 12.3. The Morgan fingerprint density at radius 1 is 1.32 bits per heavy atom. The molecule has 0 spiro atoms. The van der Waals surface area contributed by atoms with Crippen LogP contribution in [0.5, 0.6) is 0 Å². The second-order valence-electron chi connectivity index (χ2n) is 4.37. The van der Waals surface area contributed by atoms with Crippen LogP contribution in [-0.4, -0.2) is 66.5 Å². The third-order valence-corrected chi connectivity index (χ3v) is 4.04. The predicted molar refractivity (Wildman–Crippen MR) is 71.2 cm³/mol. The van der Waals surface area contributed by atoms with Gasteiger partial charge in [-0.05, 0) is 6.92 Å². The number of amides is 2. The second-order valence-corrected chi connectivity index (χ2v) is 5.23. The molecule has 1 saturated heterocycles. The van der Waals surface area contributed by atoms with E-state index in [1.807, 2.05) is 6.92 Å². The van der Waals surface area contributed by atoms with E-state index < -0.39 is 0 Å². The van der Waals surface area contributed by atoms with E-state index in [4.69, 9.17) is 4.74 Å². The molecule has 1 aliphatic rings. The minimum absolute atomic E-state index is 0.0128. The largest absolute Gasteiger partial charge is 0.375 e. The molecule has 1 aliphatic heterocycles. The van der Waals surface area contributed by atoms with Gasteiger partial charge in [-0.15, -0.1) is 11.3 Å². The van der Waals surface area contributed by atoms with Gasteiger partial charge >= 0.3 is 0 Å². The molecule has 6 nitrogen and oxygen atoms in total. The van der Waals surface area contributed by atoms with Crippen molar-refractivity contribution in [3.63, 3.8) is 0 Å². The van der Waals surface area contributed by atoms with Gasteiger partial charge in [0.25, 0.3) is 5.91 Å². The molecule has 7 heteroatoms. The van der Waals surface area contributed by atoms with Crippen molar-refractivity contribution in [1.82, 2.24) is 14.8 Å². The number of carbonyl (C=O) groups excluding carboxylic acids is 2. The molecule has 1 aromatic heterocycles. The first-order chi connectivity index (χ1) is 9.13. The molecule has 1 fully saturated rings. The van der Waals surface area contributed by atoms with Gasteiger partial charge < -0.3 is 14.5 Å². The van der Waals surface area contributed by atoms with E-state index in [0.717, 1.165) is 5.69 Å². The van der Waals surface area contributed by atoms with Crippen LogP contribution in [0.25, 0.3) is 0 Å². The van der Waals surface area contributed by atoms with Crippen molar-refractivity contribution < 1.29 is 14.3 Å². The van der Waals surface area contributed by atoms with Gasteiger partial charge in [0, 0.05) is 33.3 Å². The van der Waals surface area contributed by atoms with Crippen molar-refractivity contribution in [3.8, 4) is 0 Å². The summed E-state index contributed by atoms with van der Waals surface area (Å²) >= 11 is 1.36. The minimum atomic E-state index is -0.0245. The van der Waals surface area contributed by atoms with Crippen LogP contribution in [0.3, 0.4) is 0 Å². The fourth-order valence-corrected chi connectivity index (χ4v) is 2.79. The summed E-state index contributed by atoms with van der Waals surface area (Å²) in [5.74, 6) is -0.0117. The zero-order valence-electron chi connectivity index (χ0n) is 11.1. The zero-order chi connectivity index (χ0) is 13.8. The van der Waals surface area contributed by atoms with Crippen LogP contribution >= 0.6 is 11.3 Å². The van der Waals surface area contributed by atoms with Crippen LogP contribution in [0.1, 0.15) is 15.4 Å². The molecule has 0 atom stereocenters. The molecular formula is C12H17N3O3S. The van der Waals surface area contributed by atoms with Gasteiger partial charge in [-0.1, -0.05) is 0 Å². The molecule has 2 heterocycles. The highest BCUT2D eigenvalue weighted by Gasteiger charge is 2.26. The van der Waals surface area contributed by atoms with Crippen molar-refractivity contribution in [2.75, 3.05) is 39.9 Å². The number of hydrogen-bond donors (Lipinski definition) is 0. The normalized spacial score (nSPS) is 15.7. The summed E-state index contributed by atoms with van der Waals surface area (Å²) < 4.78 is 4.83. The number of piperazine rings is 1. The van der Waals surface area contributed by atoms with Crippen molar-refractivity contribution >= 4 is 23.2 Å². The lowest BCUT2D eigenvalue weighted by Crippen LogP contribution is -2.51. The molecular weight excluding hydrogens is 266 g/mol. The average molecular weight is 283 g/mol. The van der Waals surface area contributed by atoms with Gasteiger partial charge in [-0.2, -0.15) is 0 Å². The van der Waals surface area contributed by atoms with E-state index in [-0.39, 0.29) is 18.4 Å². The number of hydrogen-bond acceptors (Lipinski definition) is 5. The first-order valence-corrected chi connectivity index (χ1v) is 6.97. The number of thiazole rings is 1. The standard InChI is InChI=1S/C12H17N3O3S/c1-9-11(19-8-13-9)12(17)15-5-3-14(4-6-15)10(16)7-18-2/h8H,3-7H2,1-2H3. The molecule has 0 unspecified atom stereocenters. The Morgan fingerprint density at radius 3 is 2.47 bits per heavy atom. The van der Waals surface area contributed by atoms with Crippen LogP contribution < -0.4 is 0 Å². The van der Waals surface area contributed by atoms with Crippen LogP contribution in [0.4, 0.5) is 0 Å². The topological polar surface area (TPSA) is 62.7 Å². The molecule has 2 rings (SSSR count). The lowest BCUT2D eigenvalue weighted by molar-refractivity contribution is -0.136. The Kier molecular flexibility index (Phi) is 4.49. The first kappa shape index (κ1) is 14.0. The number of rotatable bonds is 3. The van der Waals surface area contributed by atoms with Crippen LogP contribution in [0.2, 0.25) is 0 Å². The van der Waals surface area contributed by atoms with E-state index in [1.54, 1.807) is 15.3 Å². The summed E-state index contributed by atoms with van der Waals surface area (Å²) in [6.07, 6.45) is 0. The second kappa shape index (κ2) is 6.12. The maximum Gasteiger partial charge on any atom is 0.265 e. The third-order valence-electron chi connectivity index (χ3n) is 3.13. The lowest BCUT2D eigenvalue weighted by Gasteiger charge is -2.34. The average Bonchev–Trinajstić information content (AvgIpc) is 2.84. The molecule has 0 N–H and O–H groups in total. The molecule has 1 aromatic rings. The lowest BCUT2D eigenvalue weighted by atomic mass is 10.2. The summed E-state index contributed by atoms with van der Waals surface area (Å²) in [6, 6.07) is 0. The number of nitrogens with zero attached hydrogens (tertiary/aromatic N) is 3. The van der Waals surface area contributed by atoms with Crippen LogP contribution in [0.15, 0.2) is 5.51 Å². The zero-order valence-corrected chi connectivity index (χ0v) is 11.9. The van der Waals surface area contributed by atoms with E-state index in [1.165, 1.54) is 18.4 Å². The molecule has 104 valence electrons. The van der Waals surface area contributed by atoms with Gasteiger partial charge in [0.2, 0.25) is 5.91 Å². The number of aromatic nitrogens is 1. The van der Waals surface area contributed by atoms with Crippen molar-refractivity contribution in [2.24, 2.45) is 0 Å². The van der Waals surface area contributed by atoms with Gasteiger partial charge in [0.1, 0.15) is 11.5 Å². The Hall–Kier alpha value is -1.47. The quantitative estimate of drug-likeness (QED) is 0.804. The van der Waals surface area contributed by atoms with Gasteiger partial charge in [-0.25, -0.2) is 4.98 Å². The summed E-state index contributed by atoms with van der Waals surface area (Å²) in [5, 5.41) is 0. The fraction of sp³-hybridized carbons (Fsp3) is 0.583. The first-order valence-electron chi connectivity index (χ1n) is 6.09. The highest BCUT2D eigenvalue weighted by Crippen LogP contribution is 2.16. The number of methoxy groups -OCH3 is 1. The summed E-state index contributed by atoms with van der Waals surface area (Å²) in [4.78, 5) is 32.2. The molecule has 0 saturated carbocycles. The predicted octanol–water partition coefficient (Wildman–Crippen LogP) is 0.382. The molecule has 2 amide bonds. The number of carbonyl (C=O) groups is 2. The Morgan fingerprint density at radius 2 is 1.95 bits per heavy atom. The number of ether oxygens (including phenoxy) is 1. The third kappa shape index (κ3) is 3.10. The van der Waals surface area contributed by atoms with Crippen molar-refractivity contribution in [2.45, 2.75) is 6.92 Å². The van der Waals surface area contributed by atoms with Crippen molar-refractivity contribution in [1.29, 1.82) is 0 Å². The van der Waals surface area contributed by atoms with Crippen LogP contribution in [0, 0.1) is 6.92 Å². The molecule has 0 aromatic carbocycles. The molecule has 19 heavy (non-hydrogen) atoms. The van der Waals surface area contributed by atoms with E-state index in [2.05, 4.69) is 4.98 Å². The Bertz CT molecular complexity index is 467. The molecule has 0 bridgehead atoms. The van der Waals surface area contributed by atoms with E-state index in [9.17, 15) is 9.59 Å². The highest BCUT2D eigenvalue weighted by atomic mass is 32.1. The summed E-state index contributed by atoms with van der Waals surface area (Å²) in [6.45, 7) is 4.18. The fourth-order valence-electron chi connectivity index (χ4n) is 2.02. The maximum absolute atomic E-state index is 12.3. The van der Waals surface area contributed by atoms with E-state index >= 15 is 0 Å². The van der Waals surface area contributed by atoms with E-state index in [0.29, 0.717) is 31.1 Å². The minimum Gasteiger partial charge on any atom is -0.375 e. The monoisotopic (exact) mass is 283 g/mol.